The number of nitrogens with zero attached hydrogens (tertiary/aromatic N) is 1. The van der Waals surface area contributed by atoms with Gasteiger partial charge in [-0.3, -0.25) is 4.79 Å². The number of carbonyl (C=O) groups is 1. The summed E-state index contributed by atoms with van der Waals surface area (Å²) in [5, 5.41) is 2.93. The second kappa shape index (κ2) is 5.09. The van der Waals surface area contributed by atoms with E-state index in [1.165, 1.54) is 12.1 Å². The van der Waals surface area contributed by atoms with E-state index in [9.17, 15) is 18.0 Å². The van der Waals surface area contributed by atoms with Crippen LogP contribution in [-0.4, -0.2) is 18.2 Å². The number of amides is 1. The highest BCUT2D eigenvalue weighted by Gasteiger charge is 2.48. The lowest BCUT2D eigenvalue weighted by molar-refractivity contribution is -0.150. The van der Waals surface area contributed by atoms with Gasteiger partial charge in [-0.05, 0) is 37.3 Å². The number of fused-ring (bicyclic) bond motifs is 1. The Hall–Kier alpha value is -1.98. The Morgan fingerprint density at radius 3 is 2.81 bits per heavy atom. The lowest BCUT2D eigenvalue weighted by Gasteiger charge is -2.37. The number of hydrogen-bond acceptors (Lipinski definition) is 2. The summed E-state index contributed by atoms with van der Waals surface area (Å²) >= 11 is 0. The summed E-state index contributed by atoms with van der Waals surface area (Å²) in [5.74, 6) is -0.981. The van der Waals surface area contributed by atoms with Crippen LogP contribution in [0, 0.1) is 6.07 Å². The second-order valence-electron chi connectivity index (χ2n) is 5.18. The van der Waals surface area contributed by atoms with Gasteiger partial charge in [0.1, 0.15) is 6.04 Å². The molecule has 1 aromatic rings. The molecule has 1 unspecified atom stereocenters. The third-order valence-electron chi connectivity index (χ3n) is 3.78. The van der Waals surface area contributed by atoms with Crippen molar-refractivity contribution in [3.63, 3.8) is 0 Å². The molecule has 0 fully saturated rings. The van der Waals surface area contributed by atoms with Crippen molar-refractivity contribution in [2.45, 2.75) is 38.0 Å². The summed E-state index contributed by atoms with van der Waals surface area (Å²) in [6, 6.07) is 6.07. The Balaban J connectivity index is 2.04. The zero-order valence-corrected chi connectivity index (χ0v) is 11.2. The van der Waals surface area contributed by atoms with Gasteiger partial charge in [-0.15, -0.1) is 13.2 Å². The van der Waals surface area contributed by atoms with Crippen molar-refractivity contribution in [3.05, 3.63) is 35.9 Å². The molecule has 0 bridgehead atoms. The molecule has 3 rings (SSSR count). The monoisotopic (exact) mass is 295 g/mol. The normalized spacial score (nSPS) is 22.4. The number of alkyl halides is 3. The predicted molar refractivity (Wildman–Crippen MR) is 72.8 cm³/mol. The molecular formula is C15H14F3N2O. The van der Waals surface area contributed by atoms with E-state index >= 15 is 0 Å². The van der Waals surface area contributed by atoms with Gasteiger partial charge in [0, 0.05) is 6.07 Å². The average Bonchev–Trinajstić information content (AvgIpc) is 2.46. The highest BCUT2D eigenvalue weighted by molar-refractivity contribution is 6.07. The molecule has 1 radical (unpaired) electrons. The first kappa shape index (κ1) is 14.0. The summed E-state index contributed by atoms with van der Waals surface area (Å²) in [7, 11) is 0. The maximum absolute atomic E-state index is 13.2. The summed E-state index contributed by atoms with van der Waals surface area (Å²) < 4.78 is 39.7. The third kappa shape index (κ3) is 2.50. The van der Waals surface area contributed by atoms with E-state index in [2.05, 4.69) is 11.4 Å². The van der Waals surface area contributed by atoms with Crippen LogP contribution in [0.25, 0.3) is 0 Å². The van der Waals surface area contributed by atoms with Crippen LogP contribution in [0.2, 0.25) is 0 Å². The molecule has 6 heteroatoms. The van der Waals surface area contributed by atoms with Crippen LogP contribution in [0.4, 0.5) is 24.5 Å². The molecule has 1 aliphatic carbocycles. The number of anilines is 2. The van der Waals surface area contributed by atoms with E-state index in [4.69, 9.17) is 0 Å². The number of para-hydroxylation sites is 1. The van der Waals surface area contributed by atoms with E-state index in [0.717, 1.165) is 24.8 Å². The first-order valence-electron chi connectivity index (χ1n) is 6.85. The second-order valence-corrected chi connectivity index (χ2v) is 5.18. The zero-order valence-electron chi connectivity index (χ0n) is 11.2. The fourth-order valence-electron chi connectivity index (χ4n) is 2.81. The highest BCUT2D eigenvalue weighted by Crippen LogP contribution is 2.40. The fraction of sp³-hybridized carbons (Fsp3) is 0.400. The van der Waals surface area contributed by atoms with Crippen molar-refractivity contribution in [3.8, 4) is 0 Å². The minimum absolute atomic E-state index is 0.0983. The Labute approximate surface area is 120 Å². The van der Waals surface area contributed by atoms with Gasteiger partial charge in [0.2, 0.25) is 0 Å². The van der Waals surface area contributed by atoms with Crippen LogP contribution >= 0.6 is 0 Å². The maximum atomic E-state index is 13.2. The van der Waals surface area contributed by atoms with Gasteiger partial charge in [0.15, 0.2) is 0 Å². The van der Waals surface area contributed by atoms with Gasteiger partial charge in [0.25, 0.3) is 5.91 Å². The number of halogens is 3. The Kier molecular flexibility index (Phi) is 3.39. The molecule has 0 saturated heterocycles. The standard InChI is InChI=1S/C15H14F3N2O/c16-15(17,18)20-12-9-5-4-8-11(12)19-13(14(20)21)10-6-2-1-3-7-10/h4-6,8,13,19H,1-3,7H2. The number of allylic oxidation sites excluding steroid dienone is 1. The van der Waals surface area contributed by atoms with Crippen LogP contribution in [0.15, 0.2) is 29.8 Å². The van der Waals surface area contributed by atoms with Crippen LogP contribution in [-0.2, 0) is 4.79 Å². The van der Waals surface area contributed by atoms with Crippen molar-refractivity contribution in [1.29, 1.82) is 0 Å². The Bertz CT molecular complexity index is 595. The molecule has 0 spiro atoms. The van der Waals surface area contributed by atoms with Crippen LogP contribution in [0.3, 0.4) is 0 Å². The van der Waals surface area contributed by atoms with Gasteiger partial charge in [-0.2, -0.15) is 0 Å². The van der Waals surface area contributed by atoms with Crippen molar-refractivity contribution < 1.29 is 18.0 Å². The van der Waals surface area contributed by atoms with Gasteiger partial charge in [-0.25, -0.2) is 4.90 Å². The first-order chi connectivity index (χ1) is 9.98. The van der Waals surface area contributed by atoms with Gasteiger partial charge in [-0.1, -0.05) is 18.2 Å². The largest absolute Gasteiger partial charge is 0.491 e. The summed E-state index contributed by atoms with van der Waals surface area (Å²) in [6.07, 6.45) is 0.501. The molecule has 3 nitrogen and oxygen atoms in total. The minimum Gasteiger partial charge on any atom is -0.369 e. The quantitative estimate of drug-likeness (QED) is 0.634. The number of carbonyl (C=O) groups excluding carboxylic acids is 1. The molecule has 1 aliphatic heterocycles. The molecule has 0 saturated carbocycles. The predicted octanol–water partition coefficient (Wildman–Crippen LogP) is 3.63. The topological polar surface area (TPSA) is 32.3 Å². The third-order valence-corrected chi connectivity index (χ3v) is 3.78. The first-order valence-corrected chi connectivity index (χ1v) is 6.85. The van der Waals surface area contributed by atoms with Gasteiger partial charge in [0.05, 0.1) is 11.4 Å². The molecule has 1 amide bonds. The molecule has 1 aromatic carbocycles. The van der Waals surface area contributed by atoms with Gasteiger partial charge < -0.3 is 5.32 Å². The average molecular weight is 295 g/mol. The summed E-state index contributed by atoms with van der Waals surface area (Å²) in [4.78, 5) is 12.2. The SMILES string of the molecule is O=C1C(C2=CCCCC2)Nc2ccc[c]c2N1C(F)(F)F. The number of rotatable bonds is 1. The van der Waals surface area contributed by atoms with Crippen LogP contribution in [0.1, 0.15) is 25.7 Å². The number of nitrogens with one attached hydrogen (secondary N) is 1. The van der Waals surface area contributed by atoms with E-state index in [0.29, 0.717) is 6.42 Å². The molecule has 2 aliphatic rings. The Morgan fingerprint density at radius 2 is 2.14 bits per heavy atom. The van der Waals surface area contributed by atoms with E-state index in [1.54, 1.807) is 6.07 Å². The van der Waals surface area contributed by atoms with Gasteiger partial charge >= 0.3 is 6.30 Å². The highest BCUT2D eigenvalue weighted by atomic mass is 19.4. The molecule has 1 N–H and O–H groups in total. The van der Waals surface area contributed by atoms with E-state index in [1.807, 2.05) is 6.08 Å². The van der Waals surface area contributed by atoms with E-state index in [-0.39, 0.29) is 16.3 Å². The van der Waals surface area contributed by atoms with Crippen molar-refractivity contribution >= 4 is 17.3 Å². The summed E-state index contributed by atoms with van der Waals surface area (Å²) in [5.41, 5.74) is 0.767. The minimum atomic E-state index is -4.75. The fourth-order valence-corrected chi connectivity index (χ4v) is 2.81. The van der Waals surface area contributed by atoms with E-state index < -0.39 is 18.2 Å². The smallest absolute Gasteiger partial charge is 0.369 e. The molecule has 21 heavy (non-hydrogen) atoms. The maximum Gasteiger partial charge on any atom is 0.491 e. The summed E-state index contributed by atoms with van der Waals surface area (Å²) in [6.45, 7) is 0. The van der Waals surface area contributed by atoms with Crippen molar-refractivity contribution in [2.75, 3.05) is 10.2 Å². The molecule has 111 valence electrons. The lowest BCUT2D eigenvalue weighted by atomic mass is 9.91. The van der Waals surface area contributed by atoms with Crippen molar-refractivity contribution in [2.24, 2.45) is 0 Å². The molecular weight excluding hydrogens is 281 g/mol. The lowest BCUT2D eigenvalue weighted by Crippen LogP contribution is -2.54. The number of benzene rings is 1. The molecule has 1 heterocycles. The van der Waals surface area contributed by atoms with Crippen molar-refractivity contribution in [1.82, 2.24) is 0 Å². The molecule has 1 atom stereocenters. The van der Waals surface area contributed by atoms with Crippen LogP contribution < -0.4 is 10.2 Å². The molecule has 0 aromatic heterocycles. The van der Waals surface area contributed by atoms with Crippen LogP contribution in [0.5, 0.6) is 0 Å². The Morgan fingerprint density at radius 1 is 1.33 bits per heavy atom. The zero-order chi connectivity index (χ0) is 15.0. The number of hydrogen-bond donors (Lipinski definition) is 1.